The Labute approximate surface area is 137 Å². The average molecular weight is 333 g/mol. The van der Waals surface area contributed by atoms with Gasteiger partial charge in [0.2, 0.25) is 11.7 Å². The molecule has 122 valence electrons. The highest BCUT2D eigenvalue weighted by Gasteiger charge is 2.39. The van der Waals surface area contributed by atoms with Crippen LogP contribution in [0.1, 0.15) is 35.9 Å². The molecule has 1 aliphatic carbocycles. The van der Waals surface area contributed by atoms with Crippen LogP contribution >= 0.6 is 0 Å². The molecule has 0 spiro atoms. The highest BCUT2D eigenvalue weighted by molar-refractivity contribution is 7.86. The van der Waals surface area contributed by atoms with E-state index >= 15 is 0 Å². The summed E-state index contributed by atoms with van der Waals surface area (Å²) in [4.78, 5) is 4.30. The summed E-state index contributed by atoms with van der Waals surface area (Å²) in [5.74, 6) is 1.03. The number of hydrogen-bond acceptors (Lipinski definition) is 5. The van der Waals surface area contributed by atoms with Crippen molar-refractivity contribution in [2.45, 2.75) is 32.2 Å². The summed E-state index contributed by atoms with van der Waals surface area (Å²) in [5, 5.41) is 3.99. The molecule has 0 aliphatic heterocycles. The number of rotatable bonds is 3. The predicted octanol–water partition coefficient (Wildman–Crippen LogP) is 2.69. The Morgan fingerprint density at radius 3 is 2.83 bits per heavy atom. The van der Waals surface area contributed by atoms with E-state index in [1.165, 1.54) is 6.26 Å². The number of quaternary nitrogens is 1. The number of aryl methyl sites for hydroxylation is 1. The van der Waals surface area contributed by atoms with Crippen LogP contribution in [-0.2, 0) is 16.3 Å². The smallest absolute Gasteiger partial charge is 0.223 e. The monoisotopic (exact) mass is 333 g/mol. The molecule has 23 heavy (non-hydrogen) atoms. The Kier molecular flexibility index (Phi) is 3.69. The van der Waals surface area contributed by atoms with Crippen molar-refractivity contribution in [1.82, 2.24) is 10.1 Å². The molecule has 1 heterocycles. The van der Waals surface area contributed by atoms with Crippen LogP contribution in [0.2, 0.25) is 0 Å². The second kappa shape index (κ2) is 5.32. The van der Waals surface area contributed by atoms with Crippen LogP contribution < -0.4 is 0 Å². The minimum absolute atomic E-state index is 0.00801. The molecular weight excluding hydrogens is 312 g/mol. The molecule has 2 aromatic rings. The maximum absolute atomic E-state index is 12.5. The normalized spacial score (nSPS) is 20.4. The molecule has 3 rings (SSSR count). The fourth-order valence-corrected chi connectivity index (χ4v) is 3.87. The fourth-order valence-electron chi connectivity index (χ4n) is 3.17. The average Bonchev–Trinajstić information content (AvgIpc) is 2.91. The van der Waals surface area contributed by atoms with Gasteiger partial charge < -0.3 is 4.52 Å². The summed E-state index contributed by atoms with van der Waals surface area (Å²) >= 11 is 0. The second-order valence-electron chi connectivity index (χ2n) is 6.50. The molecular formula is C16H21N4O2S+. The van der Waals surface area contributed by atoms with Gasteiger partial charge in [-0.2, -0.15) is 9.19 Å². The van der Waals surface area contributed by atoms with Crippen molar-refractivity contribution < 1.29 is 12.6 Å². The van der Waals surface area contributed by atoms with Gasteiger partial charge in [-0.05, 0) is 24.5 Å². The van der Waals surface area contributed by atoms with E-state index in [2.05, 4.69) is 22.3 Å². The van der Waals surface area contributed by atoms with Gasteiger partial charge in [0.05, 0.1) is 25.9 Å². The van der Waals surface area contributed by atoms with Gasteiger partial charge in [-0.3, -0.25) is 0 Å². The van der Waals surface area contributed by atoms with Gasteiger partial charge in [-0.1, -0.05) is 17.3 Å². The number of fused-ring (bicyclic) bond motifs is 1. The molecule has 1 aliphatic rings. The molecule has 6 nitrogen and oxygen atoms in total. The van der Waals surface area contributed by atoms with Gasteiger partial charge in [-0.15, -0.1) is 0 Å². The predicted molar refractivity (Wildman–Crippen MR) is 86.7 cm³/mol. The molecule has 0 saturated carbocycles. The summed E-state index contributed by atoms with van der Waals surface area (Å²) in [6, 6.07) is 8.04. The van der Waals surface area contributed by atoms with Gasteiger partial charge in [0.1, 0.15) is 6.04 Å². The van der Waals surface area contributed by atoms with Crippen molar-refractivity contribution in [2.24, 2.45) is 0 Å². The molecule has 0 amide bonds. The summed E-state index contributed by atoms with van der Waals surface area (Å²) in [5.41, 5.74) is 2.98. The van der Waals surface area contributed by atoms with E-state index in [1.54, 1.807) is 6.92 Å². The lowest BCUT2D eigenvalue weighted by molar-refractivity contribution is -0.797. The lowest BCUT2D eigenvalue weighted by Gasteiger charge is -2.40. The molecule has 7 heteroatoms. The van der Waals surface area contributed by atoms with Crippen molar-refractivity contribution in [3.05, 3.63) is 35.2 Å². The lowest BCUT2D eigenvalue weighted by Crippen LogP contribution is -2.48. The SMILES string of the molecule is Cc1nc(-c2c#ccc3c2CCCC3[N+](C)(C)S(C)(=N)=O)no1. The van der Waals surface area contributed by atoms with Crippen molar-refractivity contribution in [1.29, 1.82) is 4.78 Å². The van der Waals surface area contributed by atoms with E-state index in [0.29, 0.717) is 11.7 Å². The first-order valence-corrected chi connectivity index (χ1v) is 9.47. The summed E-state index contributed by atoms with van der Waals surface area (Å²) in [7, 11) is 0.976. The Morgan fingerprint density at radius 1 is 1.48 bits per heavy atom. The zero-order valence-electron chi connectivity index (χ0n) is 13.8. The number of nitrogens with one attached hydrogen (secondary N) is 1. The van der Waals surface area contributed by atoms with E-state index in [9.17, 15) is 4.21 Å². The van der Waals surface area contributed by atoms with Gasteiger partial charge >= 0.3 is 0 Å². The van der Waals surface area contributed by atoms with E-state index < -0.39 is 9.92 Å². The topological polar surface area (TPSA) is 79.8 Å². The number of hydrogen-bond donors (Lipinski definition) is 1. The van der Waals surface area contributed by atoms with Crippen LogP contribution in [-0.4, -0.2) is 38.6 Å². The van der Waals surface area contributed by atoms with Crippen LogP contribution in [0.3, 0.4) is 0 Å². The van der Waals surface area contributed by atoms with Crippen LogP contribution in [0, 0.1) is 23.8 Å². The van der Waals surface area contributed by atoms with Gasteiger partial charge in [0.15, 0.2) is 9.92 Å². The molecule has 0 radical (unpaired) electrons. The van der Waals surface area contributed by atoms with Crippen molar-refractivity contribution in [2.75, 3.05) is 20.4 Å². The van der Waals surface area contributed by atoms with Gasteiger partial charge in [0, 0.05) is 18.9 Å². The highest BCUT2D eigenvalue weighted by Crippen LogP contribution is 2.40. The summed E-state index contributed by atoms with van der Waals surface area (Å²) in [6.07, 6.45) is 4.26. The van der Waals surface area contributed by atoms with Gasteiger partial charge in [-0.25, -0.2) is 8.67 Å². The minimum Gasteiger partial charge on any atom is -0.339 e. The first-order valence-electron chi connectivity index (χ1n) is 7.55. The molecule has 0 fully saturated rings. The minimum atomic E-state index is -2.75. The lowest BCUT2D eigenvalue weighted by atomic mass is 9.85. The standard InChI is InChI=1S/C16H21N4O2S/c1-11-18-16(19-22-11)14-9-5-8-13-12(14)7-6-10-15(13)20(2,3)23(4,17)21/h8,15,17H,6-7,10H2,1-4H3/q+1. The van der Waals surface area contributed by atoms with E-state index in [4.69, 9.17) is 9.30 Å². The molecule has 0 bridgehead atoms. The summed E-state index contributed by atoms with van der Waals surface area (Å²) < 4.78 is 25.8. The van der Waals surface area contributed by atoms with Crippen LogP contribution in [0.15, 0.2) is 10.6 Å². The Balaban J connectivity index is 2.14. The zero-order valence-corrected chi connectivity index (χ0v) is 14.7. The maximum atomic E-state index is 12.5. The highest BCUT2D eigenvalue weighted by atomic mass is 32.2. The second-order valence-corrected chi connectivity index (χ2v) is 9.05. The molecule has 1 N–H and O–H groups in total. The van der Waals surface area contributed by atoms with E-state index in [0.717, 1.165) is 36.0 Å². The van der Waals surface area contributed by atoms with Crippen molar-refractivity contribution >= 4 is 9.92 Å². The fraction of sp³-hybridized carbons (Fsp3) is 0.500. The maximum Gasteiger partial charge on any atom is 0.223 e. The molecule has 2 unspecified atom stereocenters. The summed E-state index contributed by atoms with van der Waals surface area (Å²) in [6.45, 7) is 1.75. The number of aromatic nitrogens is 2. The molecule has 1 aromatic carbocycles. The largest absolute Gasteiger partial charge is 0.339 e. The zero-order chi connectivity index (χ0) is 16.8. The Hall–Kier alpha value is -1.91. The molecule has 1 aromatic heterocycles. The van der Waals surface area contributed by atoms with E-state index in [1.807, 2.05) is 20.2 Å². The van der Waals surface area contributed by atoms with E-state index in [-0.39, 0.29) is 9.93 Å². The first kappa shape index (κ1) is 16.0. The third-order valence-electron chi connectivity index (χ3n) is 4.74. The number of nitrogens with zero attached hydrogens (tertiary/aromatic N) is 3. The van der Waals surface area contributed by atoms with Crippen molar-refractivity contribution in [3.8, 4) is 11.4 Å². The quantitative estimate of drug-likeness (QED) is 0.876. The van der Waals surface area contributed by atoms with Gasteiger partial charge in [0.25, 0.3) is 0 Å². The Morgan fingerprint density at radius 2 is 2.22 bits per heavy atom. The Bertz CT molecular complexity index is 840. The van der Waals surface area contributed by atoms with Crippen LogP contribution in [0.4, 0.5) is 0 Å². The third-order valence-corrected chi connectivity index (χ3v) is 6.79. The van der Waals surface area contributed by atoms with Crippen LogP contribution in [0.25, 0.3) is 11.4 Å². The van der Waals surface area contributed by atoms with Crippen LogP contribution in [0.5, 0.6) is 0 Å². The molecule has 2 atom stereocenters. The third kappa shape index (κ3) is 2.62. The first-order chi connectivity index (χ1) is 10.7. The van der Waals surface area contributed by atoms with Crippen molar-refractivity contribution in [3.63, 3.8) is 0 Å². The molecule has 0 saturated heterocycles.